The number of carboxylic acid groups (broad SMARTS) is 1. The Morgan fingerprint density at radius 2 is 1.76 bits per heavy atom. The molecule has 0 radical (unpaired) electrons. The predicted molar refractivity (Wildman–Crippen MR) is 93.3 cm³/mol. The van der Waals surface area contributed by atoms with Gasteiger partial charge in [-0.1, -0.05) is 0 Å². The maximum Gasteiger partial charge on any atom is 0.359 e. The summed E-state index contributed by atoms with van der Waals surface area (Å²) in [4.78, 5) is 32.6. The van der Waals surface area contributed by atoms with Gasteiger partial charge in [0.15, 0.2) is 6.54 Å². The maximum absolute atomic E-state index is 12.9. The number of aliphatic carboxylic acids is 1. The highest BCUT2D eigenvalue weighted by Crippen LogP contribution is 2.16. The minimum atomic E-state index is -0.905. The number of amides is 1. The van der Waals surface area contributed by atoms with E-state index in [0.717, 1.165) is 31.9 Å². The fraction of sp³-hybridized carbons (Fsp3) is 0.588. The van der Waals surface area contributed by atoms with Gasteiger partial charge in [-0.15, -0.1) is 0 Å². The fourth-order valence-electron chi connectivity index (χ4n) is 3.64. The third kappa shape index (κ3) is 4.33. The van der Waals surface area contributed by atoms with E-state index >= 15 is 0 Å². The Kier molecular flexibility index (Phi) is 5.62. The van der Waals surface area contributed by atoms with Crippen molar-refractivity contribution in [1.29, 1.82) is 0 Å². The average Bonchev–Trinajstić information content (AvgIpc) is 2.63. The number of anilines is 1. The number of carbonyl (C=O) groups excluding carboxylic acids is 1. The summed E-state index contributed by atoms with van der Waals surface area (Å²) >= 11 is 0. The van der Waals surface area contributed by atoms with Crippen LogP contribution in [-0.2, 0) is 9.59 Å². The minimum Gasteiger partial charge on any atom is -0.477 e. The minimum absolute atomic E-state index is 0.0289. The number of pyridine rings is 1. The second kappa shape index (κ2) is 7.90. The molecule has 0 unspecified atom stereocenters. The number of quaternary nitrogens is 1. The summed E-state index contributed by atoms with van der Waals surface area (Å²) in [6, 6.07) is 3.99. The van der Waals surface area contributed by atoms with Gasteiger partial charge in [0.25, 0.3) is 0 Å². The summed E-state index contributed by atoms with van der Waals surface area (Å²) in [7, 11) is 0. The van der Waals surface area contributed by atoms with E-state index in [9.17, 15) is 14.7 Å². The zero-order chi connectivity index (χ0) is 17.7. The van der Waals surface area contributed by atoms with Crippen LogP contribution >= 0.6 is 0 Å². The van der Waals surface area contributed by atoms with Gasteiger partial charge in [0.05, 0.1) is 13.1 Å². The second-order valence-electron chi connectivity index (χ2n) is 6.76. The van der Waals surface area contributed by atoms with E-state index in [1.165, 1.54) is 0 Å². The number of nitrogens with zero attached hydrogens (tertiary/aromatic N) is 4. The average molecular weight is 348 g/mol. The van der Waals surface area contributed by atoms with Crippen LogP contribution in [0.4, 0.5) is 5.69 Å². The van der Waals surface area contributed by atoms with Crippen molar-refractivity contribution < 1.29 is 19.2 Å². The van der Waals surface area contributed by atoms with E-state index in [0.29, 0.717) is 32.7 Å². The van der Waals surface area contributed by atoms with Gasteiger partial charge < -0.3 is 15.3 Å². The van der Waals surface area contributed by atoms with Crippen LogP contribution in [0, 0.1) is 0 Å². The Bertz CT molecular complexity index is 596. The largest absolute Gasteiger partial charge is 0.477 e. The van der Waals surface area contributed by atoms with Gasteiger partial charge in [-0.2, -0.15) is 0 Å². The monoisotopic (exact) mass is 348 g/mol. The Labute approximate surface area is 147 Å². The third-order valence-electron chi connectivity index (χ3n) is 5.16. The predicted octanol–water partition coefficient (Wildman–Crippen LogP) is -0.765. The first-order chi connectivity index (χ1) is 12.1. The molecule has 2 aliphatic heterocycles. The molecule has 3 heterocycles. The van der Waals surface area contributed by atoms with Crippen LogP contribution in [0.1, 0.15) is 0 Å². The lowest BCUT2D eigenvalue weighted by molar-refractivity contribution is -0.849. The van der Waals surface area contributed by atoms with Gasteiger partial charge in [-0.3, -0.25) is 9.88 Å². The Morgan fingerprint density at radius 1 is 1.12 bits per heavy atom. The van der Waals surface area contributed by atoms with Gasteiger partial charge in [0.1, 0.15) is 6.54 Å². The smallest absolute Gasteiger partial charge is 0.359 e. The topological polar surface area (TPSA) is 85.8 Å². The molecule has 0 saturated carbocycles. The number of hydrogen-bond donors (Lipinski definition) is 2. The first kappa shape index (κ1) is 17.8. The number of hydrogen-bond acceptors (Lipinski definition) is 6. The molecule has 0 atom stereocenters. The number of piperazine rings is 2. The molecule has 3 rings (SSSR count). The van der Waals surface area contributed by atoms with Crippen molar-refractivity contribution in [3.8, 4) is 0 Å². The van der Waals surface area contributed by atoms with Crippen molar-refractivity contribution in [2.24, 2.45) is 0 Å². The molecule has 25 heavy (non-hydrogen) atoms. The van der Waals surface area contributed by atoms with Crippen LogP contribution in [0.2, 0.25) is 0 Å². The van der Waals surface area contributed by atoms with E-state index in [-0.39, 0.29) is 16.9 Å². The van der Waals surface area contributed by atoms with Crippen molar-refractivity contribution in [3.05, 3.63) is 24.5 Å². The summed E-state index contributed by atoms with van der Waals surface area (Å²) in [6.07, 6.45) is 3.57. The summed E-state index contributed by atoms with van der Waals surface area (Å²) in [5, 5.41) is 12.4. The molecule has 2 N–H and O–H groups in total. The zero-order valence-corrected chi connectivity index (χ0v) is 14.4. The van der Waals surface area contributed by atoms with Crippen LogP contribution in [0.25, 0.3) is 0 Å². The number of aromatic nitrogens is 1. The van der Waals surface area contributed by atoms with Crippen LogP contribution < -0.4 is 10.2 Å². The lowest BCUT2D eigenvalue weighted by atomic mass is 10.2. The van der Waals surface area contributed by atoms with Crippen LogP contribution in [-0.4, -0.2) is 96.8 Å². The molecule has 8 heteroatoms. The van der Waals surface area contributed by atoms with Gasteiger partial charge in [-0.25, -0.2) is 14.1 Å². The highest BCUT2D eigenvalue weighted by molar-refractivity contribution is 5.76. The summed E-state index contributed by atoms with van der Waals surface area (Å²) < 4.78 is 0.0624. The second-order valence-corrected chi connectivity index (χ2v) is 6.76. The molecular weight excluding hydrogens is 322 g/mol. The van der Waals surface area contributed by atoms with Crippen LogP contribution in [0.3, 0.4) is 0 Å². The van der Waals surface area contributed by atoms with Crippen molar-refractivity contribution in [1.82, 2.24) is 15.2 Å². The molecule has 136 valence electrons. The number of carbonyl (C=O) groups is 2. The molecule has 1 amide bonds. The highest BCUT2D eigenvalue weighted by atomic mass is 16.4. The zero-order valence-electron chi connectivity index (χ0n) is 14.4. The normalized spacial score (nSPS) is 21.0. The number of nitrogens with one attached hydrogen (secondary N) is 1. The van der Waals surface area contributed by atoms with E-state index in [4.69, 9.17) is 0 Å². The maximum atomic E-state index is 12.9. The third-order valence-corrected chi connectivity index (χ3v) is 5.16. The number of rotatable bonds is 5. The molecule has 2 fully saturated rings. The highest BCUT2D eigenvalue weighted by Gasteiger charge is 2.40. The Hall–Kier alpha value is -2.03. The molecular formula is C17H26N5O3+. The fourth-order valence-corrected chi connectivity index (χ4v) is 3.64. The SMILES string of the molecule is O=C(O)C[N+]1(C(=O)CN2CCN(c3ccncc3)CC2)CCNCC1. The lowest BCUT2D eigenvalue weighted by Crippen LogP contribution is -2.65. The van der Waals surface area contributed by atoms with Gasteiger partial charge >= 0.3 is 11.9 Å². The first-order valence-electron chi connectivity index (χ1n) is 8.78. The Morgan fingerprint density at radius 3 is 2.36 bits per heavy atom. The van der Waals surface area contributed by atoms with E-state index in [2.05, 4.69) is 20.1 Å². The van der Waals surface area contributed by atoms with Gasteiger partial charge in [0.2, 0.25) is 0 Å². The first-order valence-corrected chi connectivity index (χ1v) is 8.78. The summed E-state index contributed by atoms with van der Waals surface area (Å²) in [5.74, 6) is -0.876. The van der Waals surface area contributed by atoms with E-state index < -0.39 is 5.97 Å². The van der Waals surface area contributed by atoms with Gasteiger partial charge in [-0.05, 0) is 12.1 Å². The molecule has 0 bridgehead atoms. The summed E-state index contributed by atoms with van der Waals surface area (Å²) in [6.45, 7) is 6.04. The Balaban J connectivity index is 1.57. The van der Waals surface area contributed by atoms with Gasteiger partial charge in [0, 0.05) is 57.3 Å². The van der Waals surface area contributed by atoms with E-state index in [1.807, 2.05) is 12.1 Å². The molecule has 0 aromatic carbocycles. The molecule has 0 spiro atoms. The van der Waals surface area contributed by atoms with E-state index in [1.54, 1.807) is 12.4 Å². The molecule has 2 aliphatic rings. The van der Waals surface area contributed by atoms with Crippen LogP contribution in [0.5, 0.6) is 0 Å². The quantitative estimate of drug-likeness (QED) is 0.676. The van der Waals surface area contributed by atoms with Crippen molar-refractivity contribution in [2.45, 2.75) is 0 Å². The lowest BCUT2D eigenvalue weighted by Gasteiger charge is -2.40. The van der Waals surface area contributed by atoms with Crippen molar-refractivity contribution >= 4 is 17.6 Å². The molecule has 0 aliphatic carbocycles. The molecule has 8 nitrogen and oxygen atoms in total. The number of carboxylic acids is 1. The summed E-state index contributed by atoms with van der Waals surface area (Å²) in [5.41, 5.74) is 1.15. The van der Waals surface area contributed by atoms with Crippen molar-refractivity contribution in [2.75, 3.05) is 70.3 Å². The molecule has 2 saturated heterocycles. The molecule has 1 aromatic rings. The standard InChI is InChI=1S/C17H25N5O3/c23-16(22(14-17(24)25)11-5-19-6-12-22)13-20-7-9-21(10-8-20)15-1-3-18-4-2-15/h1-4,19H,5-14H2/p+1. The van der Waals surface area contributed by atoms with Crippen molar-refractivity contribution in [3.63, 3.8) is 0 Å². The van der Waals surface area contributed by atoms with Crippen LogP contribution in [0.15, 0.2) is 24.5 Å². The molecule has 1 aromatic heterocycles.